The van der Waals surface area contributed by atoms with Crippen LogP contribution in [-0.4, -0.2) is 32.1 Å². The molecular weight excluding hydrogens is 350 g/mol. The summed E-state index contributed by atoms with van der Waals surface area (Å²) in [6.07, 6.45) is 0. The molecule has 0 heterocycles. The molecule has 2 aromatic carbocycles. The average molecular weight is 371 g/mol. The number of likely N-dealkylation sites (N-methyl/N-ethyl adjacent to an activating group) is 1. The van der Waals surface area contributed by atoms with E-state index in [0.29, 0.717) is 16.6 Å². The third-order valence-corrected chi connectivity index (χ3v) is 4.06. The Morgan fingerprint density at radius 3 is 2.58 bits per heavy atom. The van der Waals surface area contributed by atoms with Gasteiger partial charge in [-0.2, -0.15) is 0 Å². The number of hydrogen-bond acceptors (Lipinski definition) is 3. The maximum absolute atomic E-state index is 13.1. The van der Waals surface area contributed by atoms with Crippen LogP contribution in [0.2, 0.25) is 10.0 Å². The Hall–Kier alpha value is -1.33. The first-order valence-electron chi connectivity index (χ1n) is 7.66. The van der Waals surface area contributed by atoms with E-state index in [2.05, 4.69) is 10.2 Å². The van der Waals surface area contributed by atoms with Crippen molar-refractivity contribution in [1.82, 2.24) is 10.2 Å². The van der Waals surface area contributed by atoms with Gasteiger partial charge in [0, 0.05) is 35.8 Å². The summed E-state index contributed by atoms with van der Waals surface area (Å²) in [5.41, 5.74) is 1.71. The zero-order valence-corrected chi connectivity index (χ0v) is 15.3. The predicted molar refractivity (Wildman–Crippen MR) is 97.5 cm³/mol. The van der Waals surface area contributed by atoms with Crippen LogP contribution in [0.5, 0.6) is 5.75 Å². The monoisotopic (exact) mass is 370 g/mol. The Kier molecular flexibility index (Phi) is 7.31. The highest BCUT2D eigenvalue weighted by molar-refractivity contribution is 6.31. The summed E-state index contributed by atoms with van der Waals surface area (Å²) in [5.74, 6) is 0.373. The van der Waals surface area contributed by atoms with Crippen LogP contribution in [0.25, 0.3) is 0 Å². The van der Waals surface area contributed by atoms with E-state index in [1.807, 2.05) is 26.2 Å². The summed E-state index contributed by atoms with van der Waals surface area (Å²) in [5, 5.41) is 4.38. The van der Waals surface area contributed by atoms with Crippen molar-refractivity contribution in [3.63, 3.8) is 0 Å². The Labute approximate surface area is 152 Å². The molecule has 0 aliphatic carbocycles. The number of ether oxygens (including phenoxy) is 1. The van der Waals surface area contributed by atoms with Crippen molar-refractivity contribution in [2.24, 2.45) is 0 Å². The van der Waals surface area contributed by atoms with E-state index in [9.17, 15) is 4.39 Å². The molecule has 0 radical (unpaired) electrons. The van der Waals surface area contributed by atoms with Gasteiger partial charge in [-0.15, -0.1) is 0 Å². The summed E-state index contributed by atoms with van der Waals surface area (Å²) in [4.78, 5) is 2.11. The van der Waals surface area contributed by atoms with Crippen molar-refractivity contribution in [1.29, 1.82) is 0 Å². The summed E-state index contributed by atoms with van der Waals surface area (Å²) in [6.45, 7) is 2.73. The summed E-state index contributed by atoms with van der Waals surface area (Å²) < 4.78 is 19.0. The molecule has 6 heteroatoms. The molecule has 130 valence electrons. The van der Waals surface area contributed by atoms with Crippen molar-refractivity contribution in [3.8, 4) is 5.75 Å². The molecule has 2 rings (SSSR count). The highest BCUT2D eigenvalue weighted by Crippen LogP contribution is 2.25. The molecule has 0 unspecified atom stereocenters. The SMILES string of the molecule is CN(C)CCNCc1cc(Cl)ccc1OCc1ccc(F)cc1Cl. The number of nitrogens with one attached hydrogen (secondary N) is 1. The molecule has 0 aliphatic heterocycles. The van der Waals surface area contributed by atoms with E-state index >= 15 is 0 Å². The fourth-order valence-electron chi connectivity index (χ4n) is 2.15. The van der Waals surface area contributed by atoms with Crippen LogP contribution in [0, 0.1) is 5.82 Å². The molecular formula is C18H21Cl2FN2O. The molecule has 24 heavy (non-hydrogen) atoms. The van der Waals surface area contributed by atoms with Crippen LogP contribution >= 0.6 is 23.2 Å². The summed E-state index contributed by atoms with van der Waals surface area (Å²) in [6, 6.07) is 9.78. The van der Waals surface area contributed by atoms with E-state index in [4.69, 9.17) is 27.9 Å². The number of benzene rings is 2. The second-order valence-corrected chi connectivity index (χ2v) is 6.60. The molecule has 0 saturated heterocycles. The highest BCUT2D eigenvalue weighted by Gasteiger charge is 2.08. The molecule has 0 saturated carbocycles. The maximum Gasteiger partial charge on any atom is 0.124 e. The average Bonchev–Trinajstić information content (AvgIpc) is 2.52. The standard InChI is InChI=1S/C18H21Cl2FN2O/c1-23(2)8-7-22-11-14-9-15(19)4-6-18(14)24-12-13-3-5-16(21)10-17(13)20/h3-6,9-10,22H,7-8,11-12H2,1-2H3. The summed E-state index contributed by atoms with van der Waals surface area (Å²) >= 11 is 12.1. The first-order chi connectivity index (χ1) is 11.5. The molecule has 0 atom stereocenters. The van der Waals surface area contributed by atoms with Crippen molar-refractivity contribution >= 4 is 23.2 Å². The summed E-state index contributed by atoms with van der Waals surface area (Å²) in [7, 11) is 4.06. The zero-order chi connectivity index (χ0) is 17.5. The third-order valence-electron chi connectivity index (χ3n) is 3.47. The van der Waals surface area contributed by atoms with Crippen LogP contribution < -0.4 is 10.1 Å². The van der Waals surface area contributed by atoms with Gasteiger partial charge in [0.05, 0.1) is 5.02 Å². The van der Waals surface area contributed by atoms with Gasteiger partial charge in [-0.1, -0.05) is 29.3 Å². The number of nitrogens with zero attached hydrogens (tertiary/aromatic N) is 1. The lowest BCUT2D eigenvalue weighted by atomic mass is 10.2. The molecule has 3 nitrogen and oxygen atoms in total. The zero-order valence-electron chi connectivity index (χ0n) is 13.8. The second-order valence-electron chi connectivity index (χ2n) is 5.76. The Bertz CT molecular complexity index is 680. The molecule has 1 N–H and O–H groups in total. The maximum atomic E-state index is 13.1. The van der Waals surface area contributed by atoms with Gasteiger partial charge in [-0.25, -0.2) is 4.39 Å². The van der Waals surface area contributed by atoms with E-state index in [1.54, 1.807) is 12.1 Å². The topological polar surface area (TPSA) is 24.5 Å². The third kappa shape index (κ3) is 5.95. The molecule has 0 fully saturated rings. The van der Waals surface area contributed by atoms with E-state index in [-0.39, 0.29) is 12.4 Å². The molecule has 0 amide bonds. The van der Waals surface area contributed by atoms with Gasteiger partial charge in [0.25, 0.3) is 0 Å². The smallest absolute Gasteiger partial charge is 0.124 e. The Balaban J connectivity index is 2.01. The van der Waals surface area contributed by atoms with Gasteiger partial charge >= 0.3 is 0 Å². The first kappa shape index (κ1) is 19.0. The minimum atomic E-state index is -0.360. The van der Waals surface area contributed by atoms with Gasteiger partial charge in [-0.05, 0) is 44.4 Å². The van der Waals surface area contributed by atoms with Crippen molar-refractivity contribution < 1.29 is 9.13 Å². The lowest BCUT2D eigenvalue weighted by Crippen LogP contribution is -2.26. The largest absolute Gasteiger partial charge is 0.489 e. The van der Waals surface area contributed by atoms with Crippen LogP contribution in [0.15, 0.2) is 36.4 Å². The lowest BCUT2D eigenvalue weighted by Gasteiger charge is -2.14. The fourth-order valence-corrected chi connectivity index (χ4v) is 2.56. The second kappa shape index (κ2) is 9.23. The number of halogens is 3. The van der Waals surface area contributed by atoms with Crippen molar-refractivity contribution in [3.05, 3.63) is 63.4 Å². The highest BCUT2D eigenvalue weighted by atomic mass is 35.5. The number of hydrogen-bond donors (Lipinski definition) is 1. The van der Waals surface area contributed by atoms with E-state index in [1.165, 1.54) is 12.1 Å². The first-order valence-corrected chi connectivity index (χ1v) is 8.42. The molecule has 0 aromatic heterocycles. The van der Waals surface area contributed by atoms with Crippen LogP contribution in [-0.2, 0) is 13.2 Å². The molecule has 0 aliphatic rings. The predicted octanol–water partition coefficient (Wildman–Crippen LogP) is 4.36. The van der Waals surface area contributed by atoms with Gasteiger partial charge in [0.1, 0.15) is 18.2 Å². The molecule has 0 spiro atoms. The minimum absolute atomic E-state index is 0.269. The Morgan fingerprint density at radius 2 is 1.88 bits per heavy atom. The Morgan fingerprint density at radius 1 is 1.08 bits per heavy atom. The van der Waals surface area contributed by atoms with Gasteiger partial charge < -0.3 is 15.0 Å². The fraction of sp³-hybridized carbons (Fsp3) is 0.333. The van der Waals surface area contributed by atoms with E-state index in [0.717, 1.165) is 30.0 Å². The minimum Gasteiger partial charge on any atom is -0.489 e. The van der Waals surface area contributed by atoms with Crippen molar-refractivity contribution in [2.45, 2.75) is 13.2 Å². The molecule has 2 aromatic rings. The molecule has 0 bridgehead atoms. The normalized spacial score (nSPS) is 11.1. The van der Waals surface area contributed by atoms with Crippen molar-refractivity contribution in [2.75, 3.05) is 27.2 Å². The van der Waals surface area contributed by atoms with Gasteiger partial charge in [0.15, 0.2) is 0 Å². The van der Waals surface area contributed by atoms with Crippen LogP contribution in [0.1, 0.15) is 11.1 Å². The van der Waals surface area contributed by atoms with Gasteiger partial charge in [0.2, 0.25) is 0 Å². The quantitative estimate of drug-likeness (QED) is 0.698. The van der Waals surface area contributed by atoms with E-state index < -0.39 is 0 Å². The lowest BCUT2D eigenvalue weighted by molar-refractivity contribution is 0.301. The van der Waals surface area contributed by atoms with Crippen LogP contribution in [0.4, 0.5) is 4.39 Å². The number of rotatable bonds is 8. The van der Waals surface area contributed by atoms with Gasteiger partial charge in [-0.3, -0.25) is 0 Å². The van der Waals surface area contributed by atoms with Crippen LogP contribution in [0.3, 0.4) is 0 Å².